The first-order valence-electron chi connectivity index (χ1n) is 2.77. The molecule has 1 aliphatic rings. The zero-order chi connectivity index (χ0) is 5.98. The minimum Gasteiger partial charge on any atom is -0.389 e. The molecule has 48 valence electrons. The lowest BCUT2D eigenvalue weighted by atomic mass is 10.2. The van der Waals surface area contributed by atoms with Gasteiger partial charge in [-0.25, -0.2) is 0 Å². The first kappa shape index (κ1) is 6.01. The molecule has 3 nitrogen and oxygen atoms in total. The lowest BCUT2D eigenvalue weighted by Crippen LogP contribution is -2.35. The van der Waals surface area contributed by atoms with Crippen LogP contribution in [0.25, 0.3) is 0 Å². The Morgan fingerprint density at radius 3 is 2.62 bits per heavy atom. The maximum Gasteiger partial charge on any atom is 0.0948 e. The van der Waals surface area contributed by atoms with E-state index in [1.165, 1.54) is 0 Å². The number of hydrogen-bond acceptors (Lipinski definition) is 3. The first-order chi connectivity index (χ1) is 3.84. The fourth-order valence-electron chi connectivity index (χ4n) is 0.819. The summed E-state index contributed by atoms with van der Waals surface area (Å²) in [4.78, 5) is 0. The molecule has 0 amide bonds. The fourth-order valence-corrected chi connectivity index (χ4v) is 0.819. The smallest absolute Gasteiger partial charge is 0.0948 e. The van der Waals surface area contributed by atoms with Gasteiger partial charge in [0, 0.05) is 0 Å². The van der Waals surface area contributed by atoms with E-state index >= 15 is 0 Å². The van der Waals surface area contributed by atoms with Crippen LogP contribution in [-0.2, 0) is 4.74 Å². The van der Waals surface area contributed by atoms with Crippen LogP contribution in [0.1, 0.15) is 0 Å². The topological polar surface area (TPSA) is 41.5 Å². The van der Waals surface area contributed by atoms with E-state index in [2.05, 4.69) is 5.32 Å². The van der Waals surface area contributed by atoms with Crippen molar-refractivity contribution in [1.29, 1.82) is 0 Å². The third-order valence-corrected chi connectivity index (χ3v) is 1.42. The number of aliphatic hydroxyl groups is 1. The van der Waals surface area contributed by atoms with E-state index in [1.54, 1.807) is 0 Å². The van der Waals surface area contributed by atoms with E-state index in [1.807, 2.05) is 7.05 Å². The van der Waals surface area contributed by atoms with E-state index in [-0.39, 0.29) is 12.1 Å². The SMILES string of the molecule is CN[C@H]1COCC1O. The van der Waals surface area contributed by atoms with Gasteiger partial charge in [0.15, 0.2) is 0 Å². The summed E-state index contributed by atoms with van der Waals surface area (Å²) in [6.07, 6.45) is -0.306. The zero-order valence-electron chi connectivity index (χ0n) is 4.92. The van der Waals surface area contributed by atoms with Gasteiger partial charge in [-0.1, -0.05) is 0 Å². The predicted octanol–water partition coefficient (Wildman–Crippen LogP) is -1.03. The van der Waals surface area contributed by atoms with Crippen molar-refractivity contribution in [3.63, 3.8) is 0 Å². The number of ether oxygens (including phenoxy) is 1. The van der Waals surface area contributed by atoms with Crippen LogP contribution in [0.15, 0.2) is 0 Å². The molecule has 0 spiro atoms. The molecule has 8 heavy (non-hydrogen) atoms. The molecule has 1 fully saturated rings. The molecule has 3 heteroatoms. The molecular weight excluding hydrogens is 106 g/mol. The fraction of sp³-hybridized carbons (Fsp3) is 1.00. The number of aliphatic hydroxyl groups excluding tert-OH is 1. The maximum atomic E-state index is 9.00. The Labute approximate surface area is 48.7 Å². The van der Waals surface area contributed by atoms with Crippen molar-refractivity contribution < 1.29 is 9.84 Å². The second-order valence-corrected chi connectivity index (χ2v) is 2.00. The van der Waals surface area contributed by atoms with Gasteiger partial charge in [-0.2, -0.15) is 0 Å². The molecule has 1 unspecified atom stereocenters. The Kier molecular flexibility index (Phi) is 1.83. The van der Waals surface area contributed by atoms with Crippen molar-refractivity contribution in [3.05, 3.63) is 0 Å². The summed E-state index contributed by atoms with van der Waals surface area (Å²) in [5, 5.41) is 11.9. The van der Waals surface area contributed by atoms with Gasteiger partial charge in [-0.3, -0.25) is 0 Å². The normalized spacial score (nSPS) is 38.2. The third kappa shape index (κ3) is 0.992. The Balaban J connectivity index is 2.30. The summed E-state index contributed by atoms with van der Waals surface area (Å²) in [7, 11) is 1.82. The van der Waals surface area contributed by atoms with Gasteiger partial charge < -0.3 is 15.2 Å². The molecule has 0 aromatic rings. The van der Waals surface area contributed by atoms with Crippen LogP contribution in [0, 0.1) is 0 Å². The summed E-state index contributed by atoms with van der Waals surface area (Å²) in [5.74, 6) is 0. The van der Waals surface area contributed by atoms with Crippen LogP contribution in [0.3, 0.4) is 0 Å². The molecule has 0 aliphatic carbocycles. The number of hydrogen-bond donors (Lipinski definition) is 2. The molecule has 0 bridgehead atoms. The highest BCUT2D eigenvalue weighted by atomic mass is 16.5. The van der Waals surface area contributed by atoms with Gasteiger partial charge in [0.25, 0.3) is 0 Å². The molecule has 0 radical (unpaired) electrons. The van der Waals surface area contributed by atoms with Crippen LogP contribution in [0.5, 0.6) is 0 Å². The van der Waals surface area contributed by atoms with Crippen LogP contribution in [-0.4, -0.2) is 37.5 Å². The average Bonchev–Trinajstić information content (AvgIpc) is 2.14. The summed E-state index contributed by atoms with van der Waals surface area (Å²) in [5.41, 5.74) is 0. The highest BCUT2D eigenvalue weighted by molar-refractivity contribution is 4.78. The van der Waals surface area contributed by atoms with Gasteiger partial charge in [0.05, 0.1) is 25.4 Å². The minimum absolute atomic E-state index is 0.148. The Hall–Kier alpha value is -0.120. The average molecular weight is 117 g/mol. The van der Waals surface area contributed by atoms with Gasteiger partial charge in [0.2, 0.25) is 0 Å². The molecular formula is C5H11NO2. The quantitative estimate of drug-likeness (QED) is 0.461. The maximum absolute atomic E-state index is 9.00. The van der Waals surface area contributed by atoms with Crippen LogP contribution >= 0.6 is 0 Å². The van der Waals surface area contributed by atoms with E-state index in [4.69, 9.17) is 9.84 Å². The number of likely N-dealkylation sites (N-methyl/N-ethyl adjacent to an activating group) is 1. The highest BCUT2D eigenvalue weighted by Crippen LogP contribution is 2.02. The predicted molar refractivity (Wildman–Crippen MR) is 29.7 cm³/mol. The van der Waals surface area contributed by atoms with Crippen molar-refractivity contribution >= 4 is 0 Å². The van der Waals surface area contributed by atoms with Crippen molar-refractivity contribution in [2.45, 2.75) is 12.1 Å². The monoisotopic (exact) mass is 117 g/mol. The number of nitrogens with one attached hydrogen (secondary N) is 1. The second kappa shape index (κ2) is 2.44. The van der Waals surface area contributed by atoms with Crippen molar-refractivity contribution in [1.82, 2.24) is 5.32 Å². The minimum atomic E-state index is -0.306. The Bertz CT molecular complexity index is 76.8. The molecule has 1 rings (SSSR count). The molecule has 2 atom stereocenters. The molecule has 0 aromatic heterocycles. The van der Waals surface area contributed by atoms with Crippen molar-refractivity contribution in [3.8, 4) is 0 Å². The van der Waals surface area contributed by atoms with Crippen molar-refractivity contribution in [2.24, 2.45) is 0 Å². The van der Waals surface area contributed by atoms with Crippen LogP contribution < -0.4 is 5.32 Å². The molecule has 0 saturated carbocycles. The lowest BCUT2D eigenvalue weighted by molar-refractivity contribution is 0.123. The van der Waals surface area contributed by atoms with Crippen LogP contribution in [0.4, 0.5) is 0 Å². The van der Waals surface area contributed by atoms with Gasteiger partial charge in [-0.05, 0) is 7.05 Å². The lowest BCUT2D eigenvalue weighted by Gasteiger charge is -2.08. The third-order valence-electron chi connectivity index (χ3n) is 1.42. The zero-order valence-corrected chi connectivity index (χ0v) is 4.92. The summed E-state index contributed by atoms with van der Waals surface area (Å²) in [6, 6.07) is 0.148. The Morgan fingerprint density at radius 1 is 1.62 bits per heavy atom. The van der Waals surface area contributed by atoms with E-state index in [9.17, 15) is 0 Å². The van der Waals surface area contributed by atoms with Crippen molar-refractivity contribution in [2.75, 3.05) is 20.3 Å². The standard InChI is InChI=1S/C5H11NO2/c1-6-4-2-8-3-5(4)7/h4-7H,2-3H2,1H3/t4-,5?/m0/s1. The molecule has 2 N–H and O–H groups in total. The molecule has 1 heterocycles. The summed E-state index contributed by atoms with van der Waals surface area (Å²) >= 11 is 0. The Morgan fingerprint density at radius 2 is 2.38 bits per heavy atom. The summed E-state index contributed by atoms with van der Waals surface area (Å²) < 4.78 is 4.95. The second-order valence-electron chi connectivity index (χ2n) is 2.00. The largest absolute Gasteiger partial charge is 0.389 e. The molecule has 1 aliphatic heterocycles. The van der Waals surface area contributed by atoms with Crippen LogP contribution in [0.2, 0.25) is 0 Å². The molecule has 1 saturated heterocycles. The van der Waals surface area contributed by atoms with Gasteiger partial charge in [-0.15, -0.1) is 0 Å². The van der Waals surface area contributed by atoms with Gasteiger partial charge >= 0.3 is 0 Å². The van der Waals surface area contributed by atoms with Gasteiger partial charge in [0.1, 0.15) is 0 Å². The van der Waals surface area contributed by atoms with E-state index < -0.39 is 0 Å². The molecule has 0 aromatic carbocycles. The van der Waals surface area contributed by atoms with E-state index in [0.717, 1.165) is 0 Å². The highest BCUT2D eigenvalue weighted by Gasteiger charge is 2.23. The summed E-state index contributed by atoms with van der Waals surface area (Å²) in [6.45, 7) is 1.11. The van der Waals surface area contributed by atoms with E-state index in [0.29, 0.717) is 13.2 Å². The first-order valence-corrected chi connectivity index (χ1v) is 2.77. The number of rotatable bonds is 1.